The van der Waals surface area contributed by atoms with Crippen LogP contribution in [0.3, 0.4) is 0 Å². The van der Waals surface area contributed by atoms with Crippen LogP contribution in [0.5, 0.6) is 0 Å². The average molecular weight is 649 g/mol. The summed E-state index contributed by atoms with van der Waals surface area (Å²) < 4.78 is 127. The summed E-state index contributed by atoms with van der Waals surface area (Å²) in [5, 5.41) is 8.91. The first-order valence-electron chi connectivity index (χ1n) is 9.71. The van der Waals surface area contributed by atoms with E-state index in [2.05, 4.69) is 0 Å². The first-order valence-corrected chi connectivity index (χ1v) is 10.7. The van der Waals surface area contributed by atoms with Crippen molar-refractivity contribution < 1.29 is 81.1 Å². The average Bonchev–Trinajstić information content (AvgIpc) is 3.40. The molecule has 0 atom stereocenters. The van der Waals surface area contributed by atoms with E-state index in [0.717, 1.165) is 30.7 Å². The zero-order valence-electron chi connectivity index (χ0n) is 18.5. The summed E-state index contributed by atoms with van der Waals surface area (Å²) in [4.78, 5) is 10.7. The number of aldehydes is 1. The van der Waals surface area contributed by atoms with Crippen LogP contribution in [0.1, 0.15) is 49.3 Å². The fourth-order valence-corrected chi connectivity index (χ4v) is 3.38. The van der Waals surface area contributed by atoms with E-state index < -0.39 is 58.3 Å². The van der Waals surface area contributed by atoms with Crippen LogP contribution in [0.2, 0.25) is 0 Å². The maximum atomic E-state index is 13.3. The molecule has 2 heterocycles. The molecule has 6 nitrogen and oxygen atoms in total. The number of halogens is 9. The molecule has 0 saturated carbocycles. The van der Waals surface area contributed by atoms with Gasteiger partial charge in [-0.1, -0.05) is 28.3 Å². The van der Waals surface area contributed by atoms with E-state index in [-0.39, 0.29) is 71.2 Å². The van der Waals surface area contributed by atoms with Crippen LogP contribution in [0.15, 0.2) is 45.6 Å². The van der Waals surface area contributed by atoms with E-state index in [9.17, 15) is 39.9 Å². The van der Waals surface area contributed by atoms with Crippen LogP contribution >= 0.6 is 0 Å². The summed E-state index contributed by atoms with van der Waals surface area (Å²) in [6, 6.07) is 4.40. The molecule has 0 aliphatic carbocycles. The zero-order chi connectivity index (χ0) is 28.0. The van der Waals surface area contributed by atoms with Gasteiger partial charge in [0.05, 0.1) is 32.0 Å². The Balaban J connectivity index is -0.000000590. The molecule has 0 fully saturated rings. The Hall–Kier alpha value is -3.36. The van der Waals surface area contributed by atoms with E-state index in [0.29, 0.717) is 6.29 Å². The van der Waals surface area contributed by atoms with Crippen LogP contribution in [-0.4, -0.2) is 23.7 Å². The van der Waals surface area contributed by atoms with Crippen molar-refractivity contribution >= 4 is 28.2 Å². The molecule has 233 valence electrons. The molecule has 1 N–H and O–H groups in total. The van der Waals surface area contributed by atoms with Gasteiger partial charge in [0.2, 0.25) is 0 Å². The minimum absolute atomic E-state index is 0. The van der Waals surface area contributed by atoms with E-state index in [4.69, 9.17) is 21.6 Å². The monoisotopic (exact) mass is 649 g/mol. The summed E-state index contributed by atoms with van der Waals surface area (Å²) >= 11 is -1.44. The summed E-state index contributed by atoms with van der Waals surface area (Å²) in [5.74, 6) is -1.54. The Morgan fingerprint density at radius 3 is 1.51 bits per heavy atom. The van der Waals surface area contributed by atoms with Crippen molar-refractivity contribution in [2.45, 2.75) is 54.1 Å². The predicted molar refractivity (Wildman–Crippen MR) is 127 cm³/mol. The van der Waals surface area contributed by atoms with Gasteiger partial charge < -0.3 is 13.9 Å². The van der Waals surface area contributed by atoms with Gasteiger partial charge in [0.15, 0.2) is 29.1 Å². The van der Waals surface area contributed by atoms with Gasteiger partial charge in [-0.2, -0.15) is 26.3 Å². The third kappa shape index (κ3) is 11.2. The Labute approximate surface area is 234 Å². The van der Waals surface area contributed by atoms with Crippen LogP contribution in [-0.2, 0) is 41.9 Å². The van der Waals surface area contributed by atoms with Crippen molar-refractivity contribution in [2.75, 3.05) is 0 Å². The van der Waals surface area contributed by atoms with Gasteiger partial charge in [0, 0.05) is 27.5 Å². The van der Waals surface area contributed by atoms with Crippen LogP contribution < -0.4 is 0 Å². The molecule has 0 amide bonds. The quantitative estimate of drug-likeness (QED) is 0.135. The molecule has 4 rings (SSSR count). The van der Waals surface area contributed by atoms with Gasteiger partial charge >= 0.3 is 34.8 Å². The topological polar surface area (TPSA) is 97.7 Å². The number of rotatable bonds is 4. The second kappa shape index (κ2) is 17.5. The summed E-state index contributed by atoms with van der Waals surface area (Å²) in [6.45, 7) is -0.471. The van der Waals surface area contributed by atoms with Crippen LogP contribution in [0.25, 0.3) is 21.9 Å². The van der Waals surface area contributed by atoms with E-state index in [1.54, 1.807) is 0 Å². The Morgan fingerprint density at radius 1 is 0.732 bits per heavy atom. The molecule has 4 aromatic rings. The Morgan fingerprint density at radius 2 is 1.12 bits per heavy atom. The molecule has 0 unspecified atom stereocenters. The number of aliphatic hydroxyl groups is 1. The molecule has 0 bridgehead atoms. The number of alkyl halides is 6. The number of carbonyl (C=O) groups is 1. The van der Waals surface area contributed by atoms with E-state index >= 15 is 0 Å². The van der Waals surface area contributed by atoms with Crippen molar-refractivity contribution in [2.24, 2.45) is 0 Å². The number of furan rings is 2. The van der Waals surface area contributed by atoms with Gasteiger partial charge in [-0.15, -0.1) is 0 Å². The molecule has 2 aromatic carbocycles. The van der Waals surface area contributed by atoms with Gasteiger partial charge in [0.25, 0.3) is 0 Å². The van der Waals surface area contributed by atoms with Gasteiger partial charge in [0.1, 0.15) is 0 Å². The van der Waals surface area contributed by atoms with Gasteiger partial charge in [-0.25, -0.2) is 8.78 Å². The second-order valence-electron chi connectivity index (χ2n) is 7.20. The normalized spacial score (nSPS) is 10.4. The summed E-state index contributed by atoms with van der Waals surface area (Å²) in [7, 11) is 0. The number of hydrogen-bond acceptors (Lipinski definition) is 6. The summed E-state index contributed by atoms with van der Waals surface area (Å²) in [6.07, 6.45) is -9.24. The van der Waals surface area contributed by atoms with E-state index in [1.165, 1.54) is 6.07 Å². The fourth-order valence-electron chi connectivity index (χ4n) is 3.38. The first-order chi connectivity index (χ1) is 17.3. The van der Waals surface area contributed by atoms with Gasteiger partial charge in [-0.05, 0) is 23.8 Å². The van der Waals surface area contributed by atoms with Crippen molar-refractivity contribution in [1.82, 2.24) is 0 Å². The third-order valence-corrected chi connectivity index (χ3v) is 4.70. The molecule has 0 aliphatic heterocycles. The molecule has 2 aromatic heterocycles. The van der Waals surface area contributed by atoms with Crippen molar-refractivity contribution in [3.05, 3.63) is 70.7 Å². The fraction of sp³-hybridized carbons (Fsp3) is 0.320. The summed E-state index contributed by atoms with van der Waals surface area (Å²) in [5.41, 5.74) is -0.793. The first kappa shape index (κ1) is 42.1. The predicted octanol–water partition coefficient (Wildman–Crippen LogP) is 8.48. The second-order valence-corrected chi connectivity index (χ2v) is 7.39. The third-order valence-electron chi connectivity index (χ3n) is 4.70. The molecule has 0 aliphatic rings. The maximum absolute atomic E-state index is 13.3. The number of hydrogen-bond donors (Lipinski definition) is 1. The Bertz CT molecular complexity index is 1420. The SMILES string of the molecule is C.C.C.F.O=Cc1ccc(F)c2occ(CC(F)(F)F)c12.OCc1ccc(F)c2occ(CC(F)(F)F)c12.[O]=[Mn]=[O]. The molecule has 41 heavy (non-hydrogen) atoms. The number of aliphatic hydroxyl groups excluding tert-OH is 1. The molecule has 16 heteroatoms. The Kier molecular flexibility index (Phi) is 17.9. The number of benzene rings is 2. The van der Waals surface area contributed by atoms with Crippen molar-refractivity contribution in [3.63, 3.8) is 0 Å². The standard InChI is InChI=1S/C11H8F4O2.C11H6F4O2.3CH4.FH.Mn.2O/c2*12-8-2-1-6(4-16)9-7(3-11(13,14)15)5-17-10(8)9;;;;;;;/h1-2,5,16H,3-4H2;1-2,4-5H,3H2;3*1H4;1H;;;. The minimum atomic E-state index is -4.44. The van der Waals surface area contributed by atoms with Crippen molar-refractivity contribution in [3.8, 4) is 0 Å². The van der Waals surface area contributed by atoms with E-state index in [1.807, 2.05) is 0 Å². The molecular formula is C25H27F9MnO6. The molecule has 0 radical (unpaired) electrons. The van der Waals surface area contributed by atoms with Gasteiger partial charge in [-0.3, -0.25) is 9.50 Å². The molecular weight excluding hydrogens is 622 g/mol. The number of carbonyl (C=O) groups excluding carboxylic acids is 1. The van der Waals surface area contributed by atoms with Crippen LogP contribution in [0.4, 0.5) is 39.8 Å². The molecule has 0 saturated heterocycles. The zero-order valence-corrected chi connectivity index (χ0v) is 19.6. The number of fused-ring (bicyclic) bond motifs is 2. The molecule has 0 spiro atoms. The van der Waals surface area contributed by atoms with Crippen LogP contribution in [0, 0.1) is 11.6 Å². The van der Waals surface area contributed by atoms with Crippen molar-refractivity contribution in [1.29, 1.82) is 0 Å².